The van der Waals surface area contributed by atoms with Crippen LogP contribution in [0.5, 0.6) is 5.75 Å². The Kier molecular flexibility index (Phi) is 3.42. The van der Waals surface area contributed by atoms with E-state index in [1.807, 2.05) is 18.2 Å². The van der Waals surface area contributed by atoms with Crippen LogP contribution in [0, 0.1) is 0 Å². The summed E-state index contributed by atoms with van der Waals surface area (Å²) >= 11 is 0. The van der Waals surface area contributed by atoms with E-state index in [1.54, 1.807) is 0 Å². The average Bonchev–Trinajstić information content (AvgIpc) is 2.38. The Morgan fingerprint density at radius 3 is 2.25 bits per heavy atom. The Balaban J connectivity index is 2.58. The summed E-state index contributed by atoms with van der Waals surface area (Å²) in [5, 5.41) is 0. The largest absolute Gasteiger partial charge is 0.540 e. The number of para-hydroxylation sites is 1. The lowest BCUT2D eigenvalue weighted by Crippen LogP contribution is -1.92. The molecule has 2 rings (SSSR count). The normalized spacial score (nSPS) is 10.1. The second-order valence-electron chi connectivity index (χ2n) is 3.61. The summed E-state index contributed by atoms with van der Waals surface area (Å²) < 4.78 is 5.20. The highest BCUT2D eigenvalue weighted by Gasteiger charge is 2.07. The van der Waals surface area contributed by atoms with Crippen molar-refractivity contribution in [3.8, 4) is 16.9 Å². The molecule has 79 valence electrons. The number of hydrogen-bond acceptors (Lipinski definition) is 1. The fourth-order valence-electron chi connectivity index (χ4n) is 1.87. The van der Waals surface area contributed by atoms with Crippen LogP contribution < -0.4 is 4.43 Å². The zero-order chi connectivity index (χ0) is 11.4. The number of aryl methyl sites for hydroxylation is 1. The number of rotatable bonds is 3. The molecular weight excluding hydrogens is 212 g/mol. The van der Waals surface area contributed by atoms with Gasteiger partial charge >= 0.3 is 10.5 Å². The third-order valence-corrected chi connectivity index (χ3v) is 2.91. The van der Waals surface area contributed by atoms with Crippen molar-refractivity contribution in [2.75, 3.05) is 0 Å². The highest BCUT2D eigenvalue weighted by atomic mass is 28.2. The Hall–Kier alpha value is -1.54. The van der Waals surface area contributed by atoms with Gasteiger partial charge in [0.25, 0.3) is 0 Å². The Morgan fingerprint density at radius 2 is 1.56 bits per heavy atom. The van der Waals surface area contributed by atoms with E-state index in [1.165, 1.54) is 11.1 Å². The molecule has 0 bridgehead atoms. The van der Waals surface area contributed by atoms with Crippen molar-refractivity contribution in [2.45, 2.75) is 13.3 Å². The van der Waals surface area contributed by atoms with Gasteiger partial charge in [0.15, 0.2) is 0 Å². The van der Waals surface area contributed by atoms with Gasteiger partial charge < -0.3 is 4.43 Å². The van der Waals surface area contributed by atoms with Crippen molar-refractivity contribution in [1.82, 2.24) is 0 Å². The van der Waals surface area contributed by atoms with Gasteiger partial charge in [-0.1, -0.05) is 49.4 Å². The van der Waals surface area contributed by atoms with Crippen LogP contribution >= 0.6 is 0 Å². The predicted molar refractivity (Wildman–Crippen MR) is 67.6 cm³/mol. The van der Waals surface area contributed by atoms with Crippen LogP contribution in [-0.2, 0) is 6.42 Å². The summed E-state index contributed by atoms with van der Waals surface area (Å²) in [6.07, 6.45) is 1.02. The van der Waals surface area contributed by atoms with Crippen LogP contribution in [0.4, 0.5) is 0 Å². The molecule has 0 saturated carbocycles. The fourth-order valence-corrected chi connectivity index (χ4v) is 2.05. The predicted octanol–water partition coefficient (Wildman–Crippen LogP) is 3.38. The maximum atomic E-state index is 5.20. The van der Waals surface area contributed by atoms with Gasteiger partial charge in [-0.2, -0.15) is 0 Å². The highest BCUT2D eigenvalue weighted by molar-refractivity contribution is 6.00. The van der Waals surface area contributed by atoms with E-state index in [9.17, 15) is 0 Å². The summed E-state index contributed by atoms with van der Waals surface area (Å²) in [5.41, 5.74) is 3.69. The van der Waals surface area contributed by atoms with Crippen LogP contribution in [0.25, 0.3) is 11.1 Å². The number of hydrogen-bond donors (Lipinski definition) is 0. The summed E-state index contributed by atoms with van der Waals surface area (Å²) in [4.78, 5) is 0. The lowest BCUT2D eigenvalue weighted by Gasteiger charge is -2.11. The SMILES string of the molecule is CCc1ccccc1-c1ccccc1O[Si]. The highest BCUT2D eigenvalue weighted by Crippen LogP contribution is 2.31. The zero-order valence-electron chi connectivity index (χ0n) is 9.23. The minimum absolute atomic E-state index is 0.847. The lowest BCUT2D eigenvalue weighted by atomic mass is 9.97. The molecule has 0 aliphatic heterocycles. The molecule has 0 aliphatic carbocycles. The first kappa shape index (κ1) is 11.0. The van der Waals surface area contributed by atoms with Crippen molar-refractivity contribution in [3.05, 3.63) is 54.1 Å². The summed E-state index contributed by atoms with van der Waals surface area (Å²) in [5.74, 6) is 0.847. The molecule has 0 spiro atoms. The fraction of sp³-hybridized carbons (Fsp3) is 0.143. The van der Waals surface area contributed by atoms with E-state index in [0.29, 0.717) is 0 Å². The molecule has 0 amide bonds. The smallest absolute Gasteiger partial charge is 0.341 e. The van der Waals surface area contributed by atoms with Crippen molar-refractivity contribution >= 4 is 10.5 Å². The third-order valence-electron chi connectivity index (χ3n) is 2.69. The van der Waals surface area contributed by atoms with Crippen molar-refractivity contribution in [1.29, 1.82) is 0 Å². The Bertz CT molecular complexity index is 434. The Morgan fingerprint density at radius 1 is 0.938 bits per heavy atom. The van der Waals surface area contributed by atoms with Crippen LogP contribution in [-0.4, -0.2) is 10.5 Å². The summed E-state index contributed by atoms with van der Waals surface area (Å²) in [6, 6.07) is 16.4. The van der Waals surface area contributed by atoms with Gasteiger partial charge in [-0.15, -0.1) is 0 Å². The van der Waals surface area contributed by atoms with Crippen LogP contribution in [0.15, 0.2) is 48.5 Å². The molecule has 0 N–H and O–H groups in total. The standard InChI is InChI=1S/C14H13OSi/c1-2-11-7-3-4-8-12(11)13-9-5-6-10-14(13)15-16/h3-10H,2H2,1H3. The summed E-state index contributed by atoms with van der Waals surface area (Å²) in [6.45, 7) is 2.16. The monoisotopic (exact) mass is 225 g/mol. The molecule has 0 unspecified atom stereocenters. The topological polar surface area (TPSA) is 9.23 Å². The van der Waals surface area contributed by atoms with E-state index >= 15 is 0 Å². The molecule has 0 aromatic heterocycles. The lowest BCUT2D eigenvalue weighted by molar-refractivity contribution is 0.618. The van der Waals surface area contributed by atoms with Gasteiger partial charge in [0.1, 0.15) is 5.75 Å². The molecule has 0 heterocycles. The van der Waals surface area contributed by atoms with Crippen molar-refractivity contribution in [2.24, 2.45) is 0 Å². The second kappa shape index (κ2) is 4.99. The number of benzene rings is 2. The first-order chi connectivity index (χ1) is 7.86. The van der Waals surface area contributed by atoms with Crippen LogP contribution in [0.2, 0.25) is 0 Å². The molecule has 0 atom stereocenters. The second-order valence-corrected chi connectivity index (χ2v) is 3.81. The van der Waals surface area contributed by atoms with E-state index in [-0.39, 0.29) is 0 Å². The molecule has 2 aromatic rings. The van der Waals surface area contributed by atoms with E-state index in [2.05, 4.69) is 47.7 Å². The molecular formula is C14H13OSi. The first-order valence-corrected chi connectivity index (χ1v) is 5.78. The first-order valence-electron chi connectivity index (χ1n) is 5.37. The molecule has 0 fully saturated rings. The van der Waals surface area contributed by atoms with E-state index < -0.39 is 0 Å². The van der Waals surface area contributed by atoms with Gasteiger partial charge in [-0.3, -0.25) is 0 Å². The molecule has 1 nitrogen and oxygen atoms in total. The average molecular weight is 225 g/mol. The summed E-state index contributed by atoms with van der Waals surface area (Å²) in [7, 11) is 3.10. The molecule has 0 aliphatic rings. The van der Waals surface area contributed by atoms with Crippen molar-refractivity contribution < 1.29 is 4.43 Å². The van der Waals surface area contributed by atoms with Gasteiger partial charge in [-0.25, -0.2) is 0 Å². The van der Waals surface area contributed by atoms with Gasteiger partial charge in [0.05, 0.1) is 0 Å². The Labute approximate surface area is 99.6 Å². The third kappa shape index (κ3) is 2.02. The van der Waals surface area contributed by atoms with Crippen molar-refractivity contribution in [3.63, 3.8) is 0 Å². The van der Waals surface area contributed by atoms with Gasteiger partial charge in [-0.05, 0) is 23.6 Å². The molecule has 2 aromatic carbocycles. The van der Waals surface area contributed by atoms with Gasteiger partial charge in [0.2, 0.25) is 0 Å². The van der Waals surface area contributed by atoms with E-state index in [4.69, 9.17) is 4.43 Å². The molecule has 0 saturated heterocycles. The zero-order valence-corrected chi connectivity index (χ0v) is 10.2. The minimum atomic E-state index is 0.847. The molecule has 2 heteroatoms. The maximum absolute atomic E-state index is 5.20. The quantitative estimate of drug-likeness (QED) is 0.728. The maximum Gasteiger partial charge on any atom is 0.341 e. The minimum Gasteiger partial charge on any atom is -0.540 e. The molecule has 3 radical (unpaired) electrons. The molecule has 16 heavy (non-hydrogen) atoms. The van der Waals surface area contributed by atoms with Gasteiger partial charge in [0, 0.05) is 5.56 Å². The van der Waals surface area contributed by atoms with E-state index in [0.717, 1.165) is 17.7 Å². The van der Waals surface area contributed by atoms with Crippen LogP contribution in [0.1, 0.15) is 12.5 Å². The van der Waals surface area contributed by atoms with Crippen LogP contribution in [0.3, 0.4) is 0 Å².